The van der Waals surface area contributed by atoms with Crippen LogP contribution in [0.5, 0.6) is 0 Å². The Balaban J connectivity index is 1.37. The molecule has 1 aliphatic rings. The summed E-state index contributed by atoms with van der Waals surface area (Å²) in [5.41, 5.74) is 0.838. The predicted molar refractivity (Wildman–Crippen MR) is 154 cm³/mol. The average Bonchev–Trinajstić information content (AvgIpc) is 3.37. The molecule has 0 saturated carbocycles. The molecule has 0 radical (unpaired) electrons. The summed E-state index contributed by atoms with van der Waals surface area (Å²) in [7, 11) is -2.82. The molecule has 4 rings (SSSR count). The number of aromatic amines is 1. The second kappa shape index (κ2) is 12.0. The fourth-order valence-electron chi connectivity index (χ4n) is 4.12. The molecule has 0 aliphatic carbocycles. The fraction of sp³-hybridized carbons (Fsp3) is 0.192. The van der Waals surface area contributed by atoms with Gasteiger partial charge in [-0.05, 0) is 55.1 Å². The first-order valence-electron chi connectivity index (χ1n) is 11.9. The van der Waals surface area contributed by atoms with Gasteiger partial charge < -0.3 is 16.0 Å². The van der Waals surface area contributed by atoms with E-state index in [1.165, 1.54) is 6.20 Å². The number of amides is 3. The van der Waals surface area contributed by atoms with E-state index in [-0.39, 0.29) is 38.9 Å². The van der Waals surface area contributed by atoms with Crippen LogP contribution in [0.1, 0.15) is 33.7 Å². The van der Waals surface area contributed by atoms with Gasteiger partial charge in [-0.2, -0.15) is 5.10 Å². The molecule has 1 fully saturated rings. The van der Waals surface area contributed by atoms with Crippen molar-refractivity contribution in [2.75, 3.05) is 23.7 Å². The normalized spacial score (nSPS) is 15.6. The third kappa shape index (κ3) is 6.51. The van der Waals surface area contributed by atoms with Crippen LogP contribution >= 0.6 is 23.2 Å². The number of halogens is 2. The van der Waals surface area contributed by atoms with Gasteiger partial charge in [0.05, 0.1) is 37.2 Å². The molecular formula is C26H26Cl2N6O4S. The quantitative estimate of drug-likeness (QED) is 0.233. The molecule has 0 spiro atoms. The number of piperidine rings is 1. The molecule has 1 atom stereocenters. The van der Waals surface area contributed by atoms with Crippen LogP contribution in [0.25, 0.3) is 0 Å². The molecule has 13 heteroatoms. The van der Waals surface area contributed by atoms with Crippen LogP contribution in [0.15, 0.2) is 66.2 Å². The second-order valence-electron chi connectivity index (χ2n) is 8.75. The lowest BCUT2D eigenvalue weighted by atomic mass is 10.1. The Labute approximate surface area is 235 Å². The Kier molecular flexibility index (Phi) is 8.76. The Morgan fingerprint density at radius 2 is 1.72 bits per heavy atom. The molecule has 3 amide bonds. The summed E-state index contributed by atoms with van der Waals surface area (Å²) in [4.78, 5) is 37.8. The minimum atomic E-state index is -2.82. The van der Waals surface area contributed by atoms with Gasteiger partial charge in [0, 0.05) is 29.7 Å². The highest BCUT2D eigenvalue weighted by Gasteiger charge is 2.28. The Hall–Kier alpha value is -3.64. The smallest absolute Gasteiger partial charge is 0.271 e. The van der Waals surface area contributed by atoms with E-state index >= 15 is 0 Å². The summed E-state index contributed by atoms with van der Waals surface area (Å²) in [6.45, 7) is 4.28. The van der Waals surface area contributed by atoms with Crippen LogP contribution in [0.2, 0.25) is 10.0 Å². The third-order valence-corrected chi connectivity index (χ3v) is 8.99. The molecule has 3 aromatic rings. The number of carbonyl (C=O) groups is 3. The van der Waals surface area contributed by atoms with Gasteiger partial charge in [0.25, 0.3) is 11.8 Å². The highest BCUT2D eigenvalue weighted by molar-refractivity contribution is 7.98. The van der Waals surface area contributed by atoms with Crippen LogP contribution in [-0.4, -0.2) is 61.4 Å². The van der Waals surface area contributed by atoms with Crippen molar-refractivity contribution in [3.63, 3.8) is 0 Å². The zero-order valence-electron chi connectivity index (χ0n) is 20.7. The van der Waals surface area contributed by atoms with Crippen molar-refractivity contribution in [1.29, 1.82) is 0 Å². The van der Waals surface area contributed by atoms with Crippen LogP contribution in [0.3, 0.4) is 0 Å². The number of nitrogens with zero attached hydrogens (tertiary/aromatic N) is 2. The first-order chi connectivity index (χ1) is 18.6. The molecule has 1 unspecified atom stereocenters. The van der Waals surface area contributed by atoms with Gasteiger partial charge in [-0.25, -0.2) is 8.51 Å². The van der Waals surface area contributed by atoms with Gasteiger partial charge in [-0.15, -0.1) is 0 Å². The van der Waals surface area contributed by atoms with Crippen molar-refractivity contribution in [3.8, 4) is 0 Å². The number of carbonyl (C=O) groups excluding carboxylic acids is 3. The van der Waals surface area contributed by atoms with Crippen molar-refractivity contribution in [2.45, 2.75) is 23.8 Å². The molecular weight excluding hydrogens is 563 g/mol. The van der Waals surface area contributed by atoms with Crippen molar-refractivity contribution >= 4 is 67.9 Å². The zero-order chi connectivity index (χ0) is 28.2. The van der Waals surface area contributed by atoms with E-state index in [0.29, 0.717) is 36.5 Å². The third-order valence-electron chi connectivity index (χ3n) is 6.17. The Bertz CT molecular complexity index is 1510. The van der Waals surface area contributed by atoms with E-state index in [4.69, 9.17) is 23.2 Å². The predicted octanol–water partition coefficient (Wildman–Crippen LogP) is 3.98. The number of hydrogen-bond acceptors (Lipinski definition) is 5. The SMILES string of the molecule is C=CC(=O)Nc1cccc(S(=C)(=O)N2CCC(NC(=O)c3[nH]ncc3NC(=O)c3c(Cl)cccc3Cl)CC2)c1. The standard InChI is InChI=1S/C26H26Cl2N6O4S/c1-3-22(35)30-17-6-4-7-18(14-17)39(2,38)34-12-10-16(11-13-34)31-26(37)24-21(15-29-33-24)32-25(36)23-19(27)8-5-9-20(23)28/h3-9,14-16H,1-2,10-13H2,(H,29,33)(H,30,35)(H,31,37)(H,32,36). The van der Waals surface area contributed by atoms with E-state index in [1.54, 1.807) is 46.8 Å². The van der Waals surface area contributed by atoms with E-state index in [0.717, 1.165) is 6.08 Å². The molecule has 0 bridgehead atoms. The van der Waals surface area contributed by atoms with Gasteiger partial charge in [0.2, 0.25) is 5.91 Å². The van der Waals surface area contributed by atoms with Crippen molar-refractivity contribution in [2.24, 2.45) is 0 Å². The van der Waals surface area contributed by atoms with Crippen LogP contribution < -0.4 is 16.0 Å². The molecule has 1 aliphatic heterocycles. The van der Waals surface area contributed by atoms with Crippen LogP contribution in [0, 0.1) is 0 Å². The summed E-state index contributed by atoms with van der Waals surface area (Å²) in [5.74, 6) is 2.57. The topological polar surface area (TPSA) is 136 Å². The molecule has 2 heterocycles. The number of aromatic nitrogens is 2. The summed E-state index contributed by atoms with van der Waals surface area (Å²) in [5, 5.41) is 15.1. The van der Waals surface area contributed by atoms with Gasteiger partial charge in [0.1, 0.15) is 5.69 Å². The first kappa shape index (κ1) is 28.4. The van der Waals surface area contributed by atoms with Gasteiger partial charge in [-0.1, -0.05) is 41.9 Å². The molecule has 39 heavy (non-hydrogen) atoms. The van der Waals surface area contributed by atoms with Crippen molar-refractivity contribution in [1.82, 2.24) is 19.8 Å². The Morgan fingerprint density at radius 3 is 2.38 bits per heavy atom. The van der Waals surface area contributed by atoms with E-state index in [1.807, 2.05) is 0 Å². The maximum absolute atomic E-state index is 13.6. The molecule has 1 saturated heterocycles. The van der Waals surface area contributed by atoms with Crippen molar-refractivity contribution in [3.05, 3.63) is 82.6 Å². The number of nitrogens with one attached hydrogen (secondary N) is 4. The second-order valence-corrected chi connectivity index (χ2v) is 11.8. The minimum absolute atomic E-state index is 0.0771. The first-order valence-corrected chi connectivity index (χ1v) is 14.3. The molecule has 1 aromatic heterocycles. The highest BCUT2D eigenvalue weighted by Crippen LogP contribution is 2.26. The highest BCUT2D eigenvalue weighted by atomic mass is 35.5. The number of benzene rings is 2. The summed E-state index contributed by atoms with van der Waals surface area (Å²) in [6.07, 6.45) is 3.53. The molecule has 10 nitrogen and oxygen atoms in total. The van der Waals surface area contributed by atoms with Crippen LogP contribution in [0.4, 0.5) is 11.4 Å². The minimum Gasteiger partial charge on any atom is -0.348 e. The molecule has 204 valence electrons. The molecule has 4 N–H and O–H groups in total. The summed E-state index contributed by atoms with van der Waals surface area (Å²) >= 11 is 12.2. The van der Waals surface area contributed by atoms with Crippen molar-refractivity contribution < 1.29 is 18.6 Å². The zero-order valence-corrected chi connectivity index (χ0v) is 23.0. The Morgan fingerprint density at radius 1 is 1.05 bits per heavy atom. The monoisotopic (exact) mass is 588 g/mol. The number of H-pyrrole nitrogens is 1. The number of rotatable bonds is 8. The lowest BCUT2D eigenvalue weighted by Gasteiger charge is -2.34. The van der Waals surface area contributed by atoms with E-state index in [2.05, 4.69) is 38.6 Å². The van der Waals surface area contributed by atoms with Gasteiger partial charge in [-0.3, -0.25) is 19.5 Å². The summed E-state index contributed by atoms with van der Waals surface area (Å²) < 4.78 is 15.4. The van der Waals surface area contributed by atoms with E-state index in [9.17, 15) is 18.6 Å². The van der Waals surface area contributed by atoms with Gasteiger partial charge in [0.15, 0.2) is 0 Å². The number of anilines is 2. The lowest BCUT2D eigenvalue weighted by Crippen LogP contribution is -2.46. The maximum atomic E-state index is 13.6. The lowest BCUT2D eigenvalue weighted by molar-refractivity contribution is -0.111. The van der Waals surface area contributed by atoms with E-state index < -0.39 is 21.5 Å². The number of hydrogen-bond donors (Lipinski definition) is 4. The maximum Gasteiger partial charge on any atom is 0.271 e. The van der Waals surface area contributed by atoms with Crippen LogP contribution in [-0.2, 0) is 14.5 Å². The molecule has 2 aromatic carbocycles. The van der Waals surface area contributed by atoms with Gasteiger partial charge >= 0.3 is 0 Å². The fourth-order valence-corrected chi connectivity index (χ4v) is 6.39. The average molecular weight is 590 g/mol. The summed E-state index contributed by atoms with van der Waals surface area (Å²) in [6, 6.07) is 11.2. The largest absolute Gasteiger partial charge is 0.348 e.